The molecule has 0 saturated heterocycles. The lowest BCUT2D eigenvalue weighted by molar-refractivity contribution is 0.426. The maximum absolute atomic E-state index is 8.84. The fourth-order valence-corrected chi connectivity index (χ4v) is 0.959. The summed E-state index contributed by atoms with van der Waals surface area (Å²) in [6.07, 6.45) is 3.24. The zero-order valence-electron chi connectivity index (χ0n) is 6.33. The number of rotatable bonds is 2. The van der Waals surface area contributed by atoms with E-state index in [2.05, 4.69) is 11.6 Å². The Bertz CT molecular complexity index is 267. The molecule has 11 heavy (non-hydrogen) atoms. The van der Waals surface area contributed by atoms with Gasteiger partial charge in [-0.2, -0.15) is 0 Å². The van der Waals surface area contributed by atoms with Gasteiger partial charge in [-0.05, 0) is 18.1 Å². The first-order valence-corrected chi connectivity index (χ1v) is 3.31. The number of aromatic nitrogens is 1. The van der Waals surface area contributed by atoms with Crippen LogP contribution in [0.25, 0.3) is 5.57 Å². The SMILES string of the molecule is C=C(C)c1c[nH]cc1B(O)O. The molecule has 1 rings (SSSR count). The van der Waals surface area contributed by atoms with Crippen LogP contribution in [0.2, 0.25) is 0 Å². The van der Waals surface area contributed by atoms with Crippen LogP contribution >= 0.6 is 0 Å². The van der Waals surface area contributed by atoms with Crippen LogP contribution in [-0.4, -0.2) is 22.2 Å². The zero-order valence-corrected chi connectivity index (χ0v) is 6.33. The van der Waals surface area contributed by atoms with Crippen molar-refractivity contribution in [3.63, 3.8) is 0 Å². The molecule has 0 saturated carbocycles. The highest BCUT2D eigenvalue weighted by Gasteiger charge is 2.16. The third-order valence-corrected chi connectivity index (χ3v) is 1.52. The summed E-state index contributed by atoms with van der Waals surface area (Å²) in [6.45, 7) is 5.51. The number of aromatic amines is 1. The number of hydrogen-bond acceptors (Lipinski definition) is 2. The van der Waals surface area contributed by atoms with Crippen molar-refractivity contribution in [2.45, 2.75) is 6.92 Å². The van der Waals surface area contributed by atoms with Gasteiger partial charge in [-0.1, -0.05) is 6.58 Å². The van der Waals surface area contributed by atoms with Crippen molar-refractivity contribution in [3.8, 4) is 0 Å². The summed E-state index contributed by atoms with van der Waals surface area (Å²) in [6, 6.07) is 0. The van der Waals surface area contributed by atoms with Crippen LogP contribution in [0.3, 0.4) is 0 Å². The molecule has 58 valence electrons. The minimum atomic E-state index is -1.42. The summed E-state index contributed by atoms with van der Waals surface area (Å²) < 4.78 is 0. The second kappa shape index (κ2) is 2.94. The predicted molar refractivity (Wildman–Crippen MR) is 45.3 cm³/mol. The summed E-state index contributed by atoms with van der Waals surface area (Å²) in [4.78, 5) is 2.78. The molecule has 1 aromatic heterocycles. The Morgan fingerprint density at radius 1 is 1.55 bits per heavy atom. The third-order valence-electron chi connectivity index (χ3n) is 1.52. The Morgan fingerprint density at radius 3 is 2.55 bits per heavy atom. The fraction of sp³-hybridized carbons (Fsp3) is 0.143. The molecule has 0 atom stereocenters. The molecule has 0 bridgehead atoms. The second-order valence-corrected chi connectivity index (χ2v) is 2.48. The van der Waals surface area contributed by atoms with Crippen LogP contribution in [0.4, 0.5) is 0 Å². The van der Waals surface area contributed by atoms with Crippen molar-refractivity contribution in [1.82, 2.24) is 4.98 Å². The highest BCUT2D eigenvalue weighted by atomic mass is 16.4. The summed E-state index contributed by atoms with van der Waals surface area (Å²) in [5, 5.41) is 17.7. The molecule has 0 aliphatic rings. The molecule has 0 radical (unpaired) electrons. The molecule has 0 aliphatic heterocycles. The molecule has 0 amide bonds. The van der Waals surface area contributed by atoms with Crippen molar-refractivity contribution in [2.24, 2.45) is 0 Å². The average molecular weight is 151 g/mol. The largest absolute Gasteiger partial charge is 0.490 e. The Morgan fingerprint density at radius 2 is 2.18 bits per heavy atom. The van der Waals surface area contributed by atoms with E-state index < -0.39 is 7.12 Å². The van der Waals surface area contributed by atoms with E-state index in [0.29, 0.717) is 5.46 Å². The van der Waals surface area contributed by atoms with Gasteiger partial charge in [0.1, 0.15) is 0 Å². The minimum Gasteiger partial charge on any atom is -0.423 e. The van der Waals surface area contributed by atoms with Gasteiger partial charge in [0.2, 0.25) is 0 Å². The van der Waals surface area contributed by atoms with E-state index >= 15 is 0 Å². The third kappa shape index (κ3) is 1.53. The number of allylic oxidation sites excluding steroid dienone is 1. The normalized spacial score (nSPS) is 9.73. The van der Waals surface area contributed by atoms with Gasteiger partial charge in [0.25, 0.3) is 0 Å². The summed E-state index contributed by atoms with van der Waals surface area (Å²) in [5.41, 5.74) is 2.05. The molecule has 1 heterocycles. The maximum Gasteiger partial charge on any atom is 0.490 e. The van der Waals surface area contributed by atoms with Gasteiger partial charge in [-0.25, -0.2) is 0 Å². The first kappa shape index (κ1) is 8.10. The van der Waals surface area contributed by atoms with Crippen LogP contribution in [0.15, 0.2) is 19.0 Å². The lowest BCUT2D eigenvalue weighted by Crippen LogP contribution is -2.30. The van der Waals surface area contributed by atoms with Crippen molar-refractivity contribution in [3.05, 3.63) is 24.5 Å². The highest BCUT2D eigenvalue weighted by Crippen LogP contribution is 2.06. The Kier molecular flexibility index (Phi) is 2.17. The van der Waals surface area contributed by atoms with E-state index in [1.54, 1.807) is 12.4 Å². The topological polar surface area (TPSA) is 56.2 Å². The molecular formula is C7H10BNO2. The maximum atomic E-state index is 8.84. The molecular weight excluding hydrogens is 141 g/mol. The Balaban J connectivity index is 3.06. The predicted octanol–water partition coefficient (Wildman–Crippen LogP) is -0.272. The summed E-state index contributed by atoms with van der Waals surface area (Å²) in [5.74, 6) is 0. The first-order chi connectivity index (χ1) is 5.13. The van der Waals surface area contributed by atoms with Gasteiger partial charge in [0.15, 0.2) is 0 Å². The van der Waals surface area contributed by atoms with Crippen molar-refractivity contribution in [2.75, 3.05) is 0 Å². The zero-order chi connectivity index (χ0) is 8.43. The van der Waals surface area contributed by atoms with Crippen LogP contribution in [0.5, 0.6) is 0 Å². The quantitative estimate of drug-likeness (QED) is 0.509. The van der Waals surface area contributed by atoms with Crippen LogP contribution in [-0.2, 0) is 0 Å². The van der Waals surface area contributed by atoms with Gasteiger partial charge in [-0.3, -0.25) is 0 Å². The Hall–Kier alpha value is -0.995. The van der Waals surface area contributed by atoms with Crippen LogP contribution in [0, 0.1) is 0 Å². The standard InChI is InChI=1S/C7H10BNO2/c1-5(2)6-3-9-4-7(6)8(10)11/h3-4,9-11H,1H2,2H3. The Labute approximate surface area is 65.5 Å². The monoisotopic (exact) mass is 151 g/mol. The molecule has 3 nitrogen and oxygen atoms in total. The number of nitrogens with one attached hydrogen (secondary N) is 1. The van der Waals surface area contributed by atoms with Gasteiger partial charge in [0.05, 0.1) is 0 Å². The summed E-state index contributed by atoms with van der Waals surface area (Å²) >= 11 is 0. The smallest absolute Gasteiger partial charge is 0.423 e. The minimum absolute atomic E-state index is 0.470. The van der Waals surface area contributed by atoms with E-state index in [0.717, 1.165) is 11.1 Å². The van der Waals surface area contributed by atoms with E-state index in [9.17, 15) is 0 Å². The van der Waals surface area contributed by atoms with E-state index in [1.165, 1.54) is 0 Å². The van der Waals surface area contributed by atoms with Gasteiger partial charge < -0.3 is 15.0 Å². The van der Waals surface area contributed by atoms with E-state index in [4.69, 9.17) is 10.0 Å². The van der Waals surface area contributed by atoms with Crippen molar-refractivity contribution < 1.29 is 10.0 Å². The fourth-order valence-electron chi connectivity index (χ4n) is 0.959. The summed E-state index contributed by atoms with van der Waals surface area (Å²) in [7, 11) is -1.42. The first-order valence-electron chi connectivity index (χ1n) is 3.31. The van der Waals surface area contributed by atoms with Gasteiger partial charge in [-0.15, -0.1) is 0 Å². The number of H-pyrrole nitrogens is 1. The molecule has 3 N–H and O–H groups in total. The van der Waals surface area contributed by atoms with E-state index in [-0.39, 0.29) is 0 Å². The second-order valence-electron chi connectivity index (χ2n) is 2.48. The molecule has 1 aromatic rings. The van der Waals surface area contributed by atoms with Gasteiger partial charge in [0, 0.05) is 17.9 Å². The highest BCUT2D eigenvalue weighted by molar-refractivity contribution is 6.59. The van der Waals surface area contributed by atoms with Crippen LogP contribution < -0.4 is 5.46 Å². The van der Waals surface area contributed by atoms with Crippen molar-refractivity contribution >= 4 is 18.2 Å². The lowest BCUT2D eigenvalue weighted by Gasteiger charge is -1.99. The molecule has 0 unspecified atom stereocenters. The lowest BCUT2D eigenvalue weighted by atomic mass is 9.78. The number of hydrogen-bond donors (Lipinski definition) is 3. The molecule has 0 fully saturated rings. The average Bonchev–Trinajstić information content (AvgIpc) is 2.32. The van der Waals surface area contributed by atoms with E-state index in [1.807, 2.05) is 6.92 Å². The molecule has 4 heteroatoms. The van der Waals surface area contributed by atoms with Crippen LogP contribution in [0.1, 0.15) is 12.5 Å². The molecule has 0 aromatic carbocycles. The van der Waals surface area contributed by atoms with Crippen molar-refractivity contribution in [1.29, 1.82) is 0 Å². The molecule has 0 aliphatic carbocycles. The van der Waals surface area contributed by atoms with Gasteiger partial charge >= 0.3 is 7.12 Å². The molecule has 0 spiro atoms.